The number of ether oxygens (including phenoxy) is 1. The SMILES string of the molecule is CC(C)c1nc2c(c(I)c1[C@@H](O)c1ccc(OCc3ccccc3)cc1)[C@@H](O[Si](C)(C)C(C)(C)C)CC(C)(C)C2. The van der Waals surface area contributed by atoms with E-state index < -0.39 is 14.4 Å². The van der Waals surface area contributed by atoms with Gasteiger partial charge in [-0.05, 0) is 88.2 Å². The summed E-state index contributed by atoms with van der Waals surface area (Å²) >= 11 is 2.46. The first-order valence-electron chi connectivity index (χ1n) is 14.4. The number of pyridine rings is 1. The summed E-state index contributed by atoms with van der Waals surface area (Å²) in [6.45, 7) is 21.0. The van der Waals surface area contributed by atoms with Crippen molar-refractivity contribution in [3.63, 3.8) is 0 Å². The zero-order valence-corrected chi connectivity index (χ0v) is 28.8. The largest absolute Gasteiger partial charge is 0.489 e. The summed E-state index contributed by atoms with van der Waals surface area (Å²) in [5.41, 5.74) is 6.27. The minimum Gasteiger partial charge on any atom is -0.489 e. The lowest BCUT2D eigenvalue weighted by atomic mass is 9.74. The van der Waals surface area contributed by atoms with Crippen molar-refractivity contribution in [1.82, 2.24) is 4.98 Å². The van der Waals surface area contributed by atoms with Gasteiger partial charge in [-0.15, -0.1) is 0 Å². The normalized spacial score (nSPS) is 17.9. The van der Waals surface area contributed by atoms with E-state index >= 15 is 0 Å². The Morgan fingerprint density at radius 3 is 2.25 bits per heavy atom. The number of hydrogen-bond donors (Lipinski definition) is 1. The Balaban J connectivity index is 1.71. The van der Waals surface area contributed by atoms with Crippen molar-refractivity contribution in [2.24, 2.45) is 5.41 Å². The van der Waals surface area contributed by atoms with Gasteiger partial charge in [0.2, 0.25) is 0 Å². The maximum absolute atomic E-state index is 11.8. The zero-order chi connectivity index (χ0) is 29.5. The molecule has 0 amide bonds. The van der Waals surface area contributed by atoms with Crippen LogP contribution in [0.3, 0.4) is 0 Å². The molecule has 1 N–H and O–H groups in total. The van der Waals surface area contributed by atoms with Gasteiger partial charge in [-0.25, -0.2) is 0 Å². The van der Waals surface area contributed by atoms with E-state index in [2.05, 4.69) is 96.3 Å². The maximum atomic E-state index is 11.8. The predicted molar refractivity (Wildman–Crippen MR) is 175 cm³/mol. The van der Waals surface area contributed by atoms with E-state index in [0.717, 1.165) is 50.2 Å². The predicted octanol–water partition coefficient (Wildman–Crippen LogP) is 9.51. The first kappa shape index (κ1) is 31.2. The van der Waals surface area contributed by atoms with Gasteiger partial charge in [-0.3, -0.25) is 4.98 Å². The second-order valence-corrected chi connectivity index (χ2v) is 19.7. The van der Waals surface area contributed by atoms with Crippen molar-refractivity contribution < 1.29 is 14.3 Å². The molecule has 0 bridgehead atoms. The van der Waals surface area contributed by atoms with Gasteiger partial charge in [0, 0.05) is 20.4 Å². The van der Waals surface area contributed by atoms with Crippen molar-refractivity contribution >= 4 is 30.9 Å². The number of aliphatic hydroxyl groups excluding tert-OH is 1. The number of hydrogen-bond acceptors (Lipinski definition) is 4. The second kappa shape index (κ2) is 11.9. The Labute approximate surface area is 256 Å². The van der Waals surface area contributed by atoms with Crippen LogP contribution >= 0.6 is 22.6 Å². The minimum absolute atomic E-state index is 0.0278. The number of fused-ring (bicyclic) bond motifs is 1. The van der Waals surface area contributed by atoms with Crippen molar-refractivity contribution in [1.29, 1.82) is 0 Å². The third-order valence-corrected chi connectivity index (χ3v) is 14.2. The summed E-state index contributed by atoms with van der Waals surface area (Å²) in [6.07, 6.45) is 1.06. The maximum Gasteiger partial charge on any atom is 0.192 e. The monoisotopic (exact) mass is 671 g/mol. The van der Waals surface area contributed by atoms with Crippen LogP contribution < -0.4 is 4.74 Å². The van der Waals surface area contributed by atoms with E-state index in [1.54, 1.807) is 0 Å². The molecular formula is C34H46INO3Si. The molecule has 0 saturated carbocycles. The highest BCUT2D eigenvalue weighted by Gasteiger charge is 2.44. The van der Waals surface area contributed by atoms with Crippen LogP contribution in [0.15, 0.2) is 54.6 Å². The molecule has 6 heteroatoms. The third-order valence-electron chi connectivity index (χ3n) is 8.53. The molecule has 2 aromatic carbocycles. The Morgan fingerprint density at radius 2 is 1.68 bits per heavy atom. The lowest BCUT2D eigenvalue weighted by Crippen LogP contribution is -2.44. The molecule has 2 atom stereocenters. The second-order valence-electron chi connectivity index (χ2n) is 13.9. The van der Waals surface area contributed by atoms with Crippen LogP contribution in [0.25, 0.3) is 0 Å². The summed E-state index contributed by atoms with van der Waals surface area (Å²) in [7, 11) is -2.04. The van der Waals surface area contributed by atoms with Crippen LogP contribution in [0.4, 0.5) is 0 Å². The minimum atomic E-state index is -2.04. The van der Waals surface area contributed by atoms with E-state index in [-0.39, 0.29) is 22.5 Å². The van der Waals surface area contributed by atoms with E-state index in [1.165, 1.54) is 5.56 Å². The van der Waals surface area contributed by atoms with Crippen molar-refractivity contribution in [2.45, 2.75) is 104 Å². The molecule has 0 spiro atoms. The Kier molecular flexibility index (Phi) is 9.25. The Hall–Kier alpha value is -1.74. The van der Waals surface area contributed by atoms with E-state index in [1.807, 2.05) is 42.5 Å². The van der Waals surface area contributed by atoms with Crippen LogP contribution in [-0.2, 0) is 17.5 Å². The van der Waals surface area contributed by atoms with Crippen LogP contribution in [0.2, 0.25) is 18.1 Å². The number of aliphatic hydroxyl groups is 1. The van der Waals surface area contributed by atoms with E-state index in [9.17, 15) is 5.11 Å². The first-order valence-corrected chi connectivity index (χ1v) is 18.4. The molecule has 1 aliphatic carbocycles. The van der Waals surface area contributed by atoms with Gasteiger partial charge in [0.15, 0.2) is 8.32 Å². The Bertz CT molecular complexity index is 1310. The lowest BCUT2D eigenvalue weighted by molar-refractivity contribution is 0.104. The van der Waals surface area contributed by atoms with Gasteiger partial charge >= 0.3 is 0 Å². The summed E-state index contributed by atoms with van der Waals surface area (Å²) in [5, 5.41) is 11.9. The smallest absolute Gasteiger partial charge is 0.192 e. The third kappa shape index (κ3) is 6.83. The van der Waals surface area contributed by atoms with Gasteiger partial charge in [-0.1, -0.05) is 90.9 Å². The molecule has 0 fully saturated rings. The molecule has 4 rings (SSSR count). The lowest BCUT2D eigenvalue weighted by Gasteiger charge is -2.44. The standard InChI is InChI=1S/C34H46INO3Si/c1-22(2)31-29(32(37)24-15-17-25(18-16-24)38-21-23-13-11-10-12-14-23)30(35)28-26(36-31)19-34(6,7)20-27(28)39-40(8,9)33(3,4)5/h10-18,22,27,32,37H,19-21H2,1-9H3/t27-,32-/m0/s1. The summed E-state index contributed by atoms with van der Waals surface area (Å²) in [4.78, 5) is 5.28. The highest BCUT2D eigenvalue weighted by molar-refractivity contribution is 14.1. The zero-order valence-electron chi connectivity index (χ0n) is 25.6. The average Bonchev–Trinajstić information content (AvgIpc) is 2.86. The quantitative estimate of drug-likeness (QED) is 0.192. The molecular weight excluding hydrogens is 625 g/mol. The highest BCUT2D eigenvalue weighted by atomic mass is 127. The fourth-order valence-corrected chi connectivity index (χ4v) is 7.72. The van der Waals surface area contributed by atoms with Gasteiger partial charge < -0.3 is 14.3 Å². The molecule has 0 aliphatic heterocycles. The molecule has 0 unspecified atom stereocenters. The van der Waals surface area contributed by atoms with E-state index in [0.29, 0.717) is 6.61 Å². The number of aromatic nitrogens is 1. The number of rotatable bonds is 8. The van der Waals surface area contributed by atoms with Crippen LogP contribution in [0, 0.1) is 8.99 Å². The molecule has 1 aromatic heterocycles. The van der Waals surface area contributed by atoms with Crippen molar-refractivity contribution in [2.75, 3.05) is 0 Å². The van der Waals surface area contributed by atoms with Crippen molar-refractivity contribution in [3.8, 4) is 5.75 Å². The molecule has 216 valence electrons. The summed E-state index contributed by atoms with van der Waals surface area (Å²) in [6, 6.07) is 18.0. The molecule has 3 aromatic rings. The van der Waals surface area contributed by atoms with Crippen molar-refractivity contribution in [3.05, 3.63) is 91.8 Å². The number of benzene rings is 2. The number of nitrogens with zero attached hydrogens (tertiary/aromatic N) is 1. The van der Waals surface area contributed by atoms with E-state index in [4.69, 9.17) is 14.1 Å². The number of halogens is 1. The molecule has 1 heterocycles. The summed E-state index contributed by atoms with van der Waals surface area (Å²) < 4.78 is 14.2. The van der Waals surface area contributed by atoms with Crippen LogP contribution in [0.5, 0.6) is 5.75 Å². The Morgan fingerprint density at radius 1 is 1.05 bits per heavy atom. The molecule has 4 nitrogen and oxygen atoms in total. The average molecular weight is 672 g/mol. The molecule has 0 radical (unpaired) electrons. The fraction of sp³-hybridized carbons (Fsp3) is 0.500. The topological polar surface area (TPSA) is 51.6 Å². The molecule has 40 heavy (non-hydrogen) atoms. The van der Waals surface area contributed by atoms with Crippen LogP contribution in [0.1, 0.15) is 107 Å². The highest BCUT2D eigenvalue weighted by Crippen LogP contribution is 2.50. The fourth-order valence-electron chi connectivity index (χ4n) is 5.23. The first-order chi connectivity index (χ1) is 18.6. The van der Waals surface area contributed by atoms with Crippen LogP contribution in [-0.4, -0.2) is 18.4 Å². The van der Waals surface area contributed by atoms with Gasteiger partial charge in [-0.2, -0.15) is 0 Å². The molecule has 0 saturated heterocycles. The van der Waals surface area contributed by atoms with Gasteiger partial charge in [0.05, 0.1) is 11.8 Å². The summed E-state index contributed by atoms with van der Waals surface area (Å²) in [5.74, 6) is 0.967. The molecule has 1 aliphatic rings. The van der Waals surface area contributed by atoms with Gasteiger partial charge in [0.1, 0.15) is 18.5 Å². The van der Waals surface area contributed by atoms with Gasteiger partial charge in [0.25, 0.3) is 0 Å².